The topological polar surface area (TPSA) is 69.7 Å². The summed E-state index contributed by atoms with van der Waals surface area (Å²) in [6.07, 6.45) is 5.09. The molecule has 1 aliphatic heterocycles. The monoisotopic (exact) mass is 449 g/mol. The lowest BCUT2D eigenvalue weighted by Gasteiger charge is -2.30. The molecule has 1 unspecified atom stereocenters. The molecule has 8 heteroatoms. The highest BCUT2D eigenvalue weighted by Gasteiger charge is 2.31. The van der Waals surface area contributed by atoms with Crippen molar-refractivity contribution in [3.05, 3.63) is 53.6 Å². The first-order valence-electron chi connectivity index (χ1n) is 10.2. The van der Waals surface area contributed by atoms with E-state index >= 15 is 0 Å². The maximum absolute atomic E-state index is 13.0. The van der Waals surface area contributed by atoms with Gasteiger partial charge in [-0.3, -0.25) is 9.10 Å². The molecule has 1 saturated heterocycles. The average Bonchev–Trinajstić information content (AvgIpc) is 2.73. The number of halogens is 1. The summed E-state index contributed by atoms with van der Waals surface area (Å²) in [5.41, 5.74) is 2.19. The van der Waals surface area contributed by atoms with Crippen molar-refractivity contribution in [2.75, 3.05) is 33.9 Å². The van der Waals surface area contributed by atoms with Crippen LogP contribution in [0.25, 0.3) is 0 Å². The predicted molar refractivity (Wildman–Crippen MR) is 124 cm³/mol. The van der Waals surface area contributed by atoms with Gasteiger partial charge >= 0.3 is 0 Å². The molecule has 2 aromatic carbocycles. The molecule has 162 valence electrons. The number of carbonyl (C=O) groups is 1. The zero-order valence-corrected chi connectivity index (χ0v) is 18.9. The Kier molecular flexibility index (Phi) is 7.26. The van der Waals surface area contributed by atoms with Gasteiger partial charge in [0.05, 0.1) is 11.9 Å². The Morgan fingerprint density at radius 3 is 2.20 bits per heavy atom. The van der Waals surface area contributed by atoms with Gasteiger partial charge in [-0.1, -0.05) is 18.5 Å². The first-order chi connectivity index (χ1) is 14.3. The molecule has 1 aliphatic rings. The van der Waals surface area contributed by atoms with Crippen molar-refractivity contribution in [1.29, 1.82) is 0 Å². The van der Waals surface area contributed by atoms with E-state index in [0.717, 1.165) is 29.3 Å². The summed E-state index contributed by atoms with van der Waals surface area (Å²) in [7, 11) is -3.68. The average molecular weight is 450 g/mol. The number of hydrogen-bond donors (Lipinski definition) is 1. The third-order valence-corrected chi connectivity index (χ3v) is 6.70. The van der Waals surface area contributed by atoms with E-state index in [2.05, 4.69) is 10.2 Å². The van der Waals surface area contributed by atoms with E-state index in [4.69, 9.17) is 11.6 Å². The minimum Gasteiger partial charge on any atom is -0.372 e. The van der Waals surface area contributed by atoms with Crippen molar-refractivity contribution in [2.45, 2.75) is 38.6 Å². The van der Waals surface area contributed by atoms with Gasteiger partial charge < -0.3 is 10.2 Å². The van der Waals surface area contributed by atoms with Crippen LogP contribution in [0.5, 0.6) is 0 Å². The number of nitrogens with zero attached hydrogens (tertiary/aromatic N) is 2. The van der Waals surface area contributed by atoms with Gasteiger partial charge in [0.15, 0.2) is 0 Å². The summed E-state index contributed by atoms with van der Waals surface area (Å²) in [5.74, 6) is -0.372. The van der Waals surface area contributed by atoms with E-state index in [1.165, 1.54) is 19.3 Å². The van der Waals surface area contributed by atoms with Crippen molar-refractivity contribution < 1.29 is 13.2 Å². The van der Waals surface area contributed by atoms with Crippen LogP contribution >= 0.6 is 11.6 Å². The van der Waals surface area contributed by atoms with Crippen molar-refractivity contribution in [3.63, 3.8) is 0 Å². The Balaban J connectivity index is 1.77. The Labute approximate surface area is 183 Å². The molecule has 0 aliphatic carbocycles. The molecule has 0 saturated carbocycles. The second kappa shape index (κ2) is 9.71. The highest BCUT2D eigenvalue weighted by atomic mass is 35.5. The molecule has 1 N–H and O–H groups in total. The largest absolute Gasteiger partial charge is 0.372 e. The van der Waals surface area contributed by atoms with Gasteiger partial charge in [-0.05, 0) is 74.2 Å². The van der Waals surface area contributed by atoms with Crippen molar-refractivity contribution >= 4 is 44.6 Å². The predicted octanol–water partition coefficient (Wildman–Crippen LogP) is 4.51. The molecule has 0 aromatic heterocycles. The summed E-state index contributed by atoms with van der Waals surface area (Å²) in [5, 5.41) is 3.37. The van der Waals surface area contributed by atoms with E-state index in [1.807, 2.05) is 24.3 Å². The molecule has 1 atom stereocenters. The number of anilines is 3. The van der Waals surface area contributed by atoms with E-state index < -0.39 is 16.1 Å². The number of nitrogens with one attached hydrogen (secondary N) is 1. The number of hydrogen-bond acceptors (Lipinski definition) is 4. The smallest absolute Gasteiger partial charge is 0.248 e. The Morgan fingerprint density at radius 2 is 1.67 bits per heavy atom. The number of amides is 1. The van der Waals surface area contributed by atoms with Gasteiger partial charge in [0, 0.05) is 29.5 Å². The molecular weight excluding hydrogens is 422 g/mol. The maximum atomic E-state index is 13.0. The van der Waals surface area contributed by atoms with Gasteiger partial charge in [-0.25, -0.2) is 8.42 Å². The fourth-order valence-electron chi connectivity index (χ4n) is 3.78. The summed E-state index contributed by atoms with van der Waals surface area (Å²) >= 11 is 5.93. The SMILES string of the molecule is CCC(C(=O)Nc1ccc(N2CCCCC2)cc1)N(c1ccc(Cl)cc1)S(C)(=O)=O. The van der Waals surface area contributed by atoms with Gasteiger partial charge in [-0.15, -0.1) is 0 Å². The van der Waals surface area contributed by atoms with Crippen LogP contribution in [0.2, 0.25) is 5.02 Å². The van der Waals surface area contributed by atoms with Crippen LogP contribution in [0.4, 0.5) is 17.1 Å². The van der Waals surface area contributed by atoms with Gasteiger partial charge in [0.1, 0.15) is 6.04 Å². The fraction of sp³-hybridized carbons (Fsp3) is 0.409. The van der Waals surface area contributed by atoms with Crippen LogP contribution in [-0.4, -0.2) is 39.7 Å². The van der Waals surface area contributed by atoms with Crippen molar-refractivity contribution in [1.82, 2.24) is 0 Å². The zero-order valence-electron chi connectivity index (χ0n) is 17.3. The van der Waals surface area contributed by atoms with Gasteiger partial charge in [0.25, 0.3) is 0 Å². The highest BCUT2D eigenvalue weighted by Crippen LogP contribution is 2.26. The zero-order chi connectivity index (χ0) is 21.7. The number of carbonyl (C=O) groups excluding carboxylic acids is 1. The third-order valence-electron chi connectivity index (χ3n) is 5.27. The lowest BCUT2D eigenvalue weighted by Crippen LogP contribution is -2.47. The molecule has 1 fully saturated rings. The first-order valence-corrected chi connectivity index (χ1v) is 12.4. The van der Waals surface area contributed by atoms with Crippen LogP contribution in [0.1, 0.15) is 32.6 Å². The van der Waals surface area contributed by atoms with Crippen LogP contribution in [0, 0.1) is 0 Å². The standard InChI is InChI=1S/C22H28ClN3O3S/c1-3-21(26(30(2,28)29)20-11-7-17(23)8-12-20)22(27)24-18-9-13-19(14-10-18)25-15-5-4-6-16-25/h7-14,21H,3-6,15-16H2,1-2H3,(H,24,27). The van der Waals surface area contributed by atoms with Crippen LogP contribution in [0.15, 0.2) is 48.5 Å². The van der Waals surface area contributed by atoms with E-state index in [9.17, 15) is 13.2 Å². The Morgan fingerprint density at radius 1 is 1.07 bits per heavy atom. The molecule has 1 amide bonds. The second-order valence-corrected chi connectivity index (χ2v) is 9.84. The minimum absolute atomic E-state index is 0.327. The maximum Gasteiger partial charge on any atom is 0.248 e. The van der Waals surface area contributed by atoms with Crippen LogP contribution < -0.4 is 14.5 Å². The van der Waals surface area contributed by atoms with Crippen molar-refractivity contribution in [3.8, 4) is 0 Å². The van der Waals surface area contributed by atoms with E-state index in [1.54, 1.807) is 31.2 Å². The van der Waals surface area contributed by atoms with Crippen LogP contribution in [0.3, 0.4) is 0 Å². The molecule has 0 spiro atoms. The Bertz CT molecular complexity index is 956. The van der Waals surface area contributed by atoms with Crippen molar-refractivity contribution in [2.24, 2.45) is 0 Å². The van der Waals surface area contributed by atoms with Crippen LogP contribution in [-0.2, 0) is 14.8 Å². The quantitative estimate of drug-likeness (QED) is 0.675. The van der Waals surface area contributed by atoms with E-state index in [0.29, 0.717) is 22.8 Å². The third kappa shape index (κ3) is 5.46. The van der Waals surface area contributed by atoms with Gasteiger partial charge in [0.2, 0.25) is 15.9 Å². The highest BCUT2D eigenvalue weighted by molar-refractivity contribution is 7.92. The summed E-state index contributed by atoms with van der Waals surface area (Å²) in [4.78, 5) is 15.3. The lowest BCUT2D eigenvalue weighted by molar-refractivity contribution is -0.117. The number of rotatable bonds is 7. The summed E-state index contributed by atoms with van der Waals surface area (Å²) in [6.45, 7) is 3.89. The Hall–Kier alpha value is -2.25. The van der Waals surface area contributed by atoms with Gasteiger partial charge in [-0.2, -0.15) is 0 Å². The summed E-state index contributed by atoms with van der Waals surface area (Å²) in [6, 6.07) is 13.3. The lowest BCUT2D eigenvalue weighted by atomic mass is 10.1. The molecule has 3 rings (SSSR count). The normalized spacial score (nSPS) is 15.5. The minimum atomic E-state index is -3.68. The number of piperidine rings is 1. The second-order valence-electron chi connectivity index (χ2n) is 7.54. The number of sulfonamides is 1. The van der Waals surface area contributed by atoms with E-state index in [-0.39, 0.29) is 5.91 Å². The molecule has 30 heavy (non-hydrogen) atoms. The molecular formula is C22H28ClN3O3S. The molecule has 6 nitrogen and oxygen atoms in total. The summed E-state index contributed by atoms with van der Waals surface area (Å²) < 4.78 is 26.2. The molecule has 0 bridgehead atoms. The molecule has 2 aromatic rings. The fourth-order valence-corrected chi connectivity index (χ4v) is 5.12. The molecule has 0 radical (unpaired) electrons. The first kappa shape index (κ1) is 22.4. The number of benzene rings is 2. The molecule has 1 heterocycles.